The Balaban J connectivity index is 1.52. The molecule has 0 unspecified atom stereocenters. The van der Waals surface area contributed by atoms with E-state index in [0.29, 0.717) is 5.75 Å². The average molecular weight is 417 g/mol. The van der Waals surface area contributed by atoms with Crippen LogP contribution in [0.15, 0.2) is 24.3 Å². The molecule has 0 heterocycles. The highest BCUT2D eigenvalue weighted by Crippen LogP contribution is 2.33. The first-order chi connectivity index (χ1) is 14.6. The van der Waals surface area contributed by atoms with E-state index in [1.807, 2.05) is 0 Å². The molecule has 4 heteroatoms. The van der Waals surface area contributed by atoms with Gasteiger partial charge in [-0.2, -0.15) is 0 Å². The highest BCUT2D eigenvalue weighted by atomic mass is 16.5. The second kappa shape index (κ2) is 14.2. The zero-order valence-electron chi connectivity index (χ0n) is 18.7. The Hall–Kier alpha value is -1.84. The van der Waals surface area contributed by atoms with Crippen LogP contribution < -0.4 is 4.74 Å². The van der Waals surface area contributed by atoms with Crippen molar-refractivity contribution >= 4 is 11.9 Å². The van der Waals surface area contributed by atoms with E-state index in [0.717, 1.165) is 31.6 Å². The standard InChI is InChI=1S/C26H40O4/c1-2-3-4-5-6-7-8-9-10-11-12-21-13-15-23(16-14-21)26(29)30-24-19-17-22(18-20-24)25(27)28/h17-21,23H,2-16H2,1H3,(H,27,28). The van der Waals surface area contributed by atoms with Gasteiger partial charge in [0.15, 0.2) is 0 Å². The maximum atomic E-state index is 12.4. The Kier molecular flexibility index (Phi) is 11.6. The van der Waals surface area contributed by atoms with Gasteiger partial charge in [0.2, 0.25) is 0 Å². The summed E-state index contributed by atoms with van der Waals surface area (Å²) in [7, 11) is 0. The molecule has 4 nitrogen and oxygen atoms in total. The molecule has 0 atom stereocenters. The van der Waals surface area contributed by atoms with E-state index in [1.54, 1.807) is 12.1 Å². The van der Waals surface area contributed by atoms with Gasteiger partial charge >= 0.3 is 11.9 Å². The number of aromatic carboxylic acids is 1. The summed E-state index contributed by atoms with van der Waals surface area (Å²) in [5.74, 6) is 0.0209. The number of hydrogen-bond acceptors (Lipinski definition) is 3. The summed E-state index contributed by atoms with van der Waals surface area (Å²) < 4.78 is 5.46. The molecular formula is C26H40O4. The number of carboxylic acid groups (broad SMARTS) is 1. The molecular weight excluding hydrogens is 376 g/mol. The Morgan fingerprint density at radius 1 is 0.833 bits per heavy atom. The highest BCUT2D eigenvalue weighted by Gasteiger charge is 2.27. The number of benzene rings is 1. The minimum absolute atomic E-state index is 0.0203. The van der Waals surface area contributed by atoms with E-state index in [1.165, 1.54) is 82.8 Å². The van der Waals surface area contributed by atoms with Crippen molar-refractivity contribution in [1.82, 2.24) is 0 Å². The number of rotatable bonds is 14. The Bertz CT molecular complexity index is 614. The first-order valence-electron chi connectivity index (χ1n) is 12.1. The molecule has 1 aromatic carbocycles. The zero-order valence-corrected chi connectivity index (χ0v) is 18.7. The lowest BCUT2D eigenvalue weighted by Crippen LogP contribution is -2.25. The van der Waals surface area contributed by atoms with Crippen molar-refractivity contribution < 1.29 is 19.4 Å². The van der Waals surface area contributed by atoms with Crippen molar-refractivity contribution in [2.75, 3.05) is 0 Å². The summed E-state index contributed by atoms with van der Waals surface area (Å²) in [5, 5.41) is 8.93. The van der Waals surface area contributed by atoms with Gasteiger partial charge in [0.1, 0.15) is 5.75 Å². The highest BCUT2D eigenvalue weighted by molar-refractivity contribution is 5.87. The smallest absolute Gasteiger partial charge is 0.335 e. The van der Waals surface area contributed by atoms with Crippen LogP contribution in [-0.4, -0.2) is 17.0 Å². The largest absolute Gasteiger partial charge is 0.478 e. The minimum atomic E-state index is -0.978. The van der Waals surface area contributed by atoms with Gasteiger partial charge in [0, 0.05) is 0 Å². The molecule has 1 aliphatic carbocycles. The number of carbonyl (C=O) groups excluding carboxylic acids is 1. The summed E-state index contributed by atoms with van der Waals surface area (Å²) in [5.41, 5.74) is 0.197. The van der Waals surface area contributed by atoms with Crippen LogP contribution in [-0.2, 0) is 4.79 Å². The van der Waals surface area contributed by atoms with Crippen molar-refractivity contribution in [3.05, 3.63) is 29.8 Å². The normalized spacial score (nSPS) is 18.8. The maximum Gasteiger partial charge on any atom is 0.335 e. The molecule has 0 bridgehead atoms. The van der Waals surface area contributed by atoms with Gasteiger partial charge in [-0.15, -0.1) is 0 Å². The molecule has 1 aliphatic rings. The van der Waals surface area contributed by atoms with Gasteiger partial charge in [-0.3, -0.25) is 4.79 Å². The fraction of sp³-hybridized carbons (Fsp3) is 0.692. The molecule has 0 aliphatic heterocycles. The van der Waals surface area contributed by atoms with Crippen LogP contribution in [0.2, 0.25) is 0 Å². The molecule has 0 radical (unpaired) electrons. The number of ether oxygens (including phenoxy) is 1. The lowest BCUT2D eigenvalue weighted by Gasteiger charge is -2.27. The summed E-state index contributed by atoms with van der Waals surface area (Å²) in [6, 6.07) is 6.04. The molecule has 1 saturated carbocycles. The van der Waals surface area contributed by atoms with Crippen molar-refractivity contribution in [1.29, 1.82) is 0 Å². The third kappa shape index (κ3) is 9.32. The first kappa shape index (κ1) is 24.4. The van der Waals surface area contributed by atoms with Gasteiger partial charge in [-0.1, -0.05) is 77.6 Å². The lowest BCUT2D eigenvalue weighted by atomic mass is 9.79. The van der Waals surface area contributed by atoms with Crippen LogP contribution in [0.3, 0.4) is 0 Å². The number of esters is 1. The van der Waals surface area contributed by atoms with Crippen LogP contribution in [0, 0.1) is 11.8 Å². The van der Waals surface area contributed by atoms with Gasteiger partial charge in [-0.25, -0.2) is 4.79 Å². The zero-order chi connectivity index (χ0) is 21.6. The molecule has 1 N–H and O–H groups in total. The summed E-state index contributed by atoms with van der Waals surface area (Å²) in [6.07, 6.45) is 19.1. The van der Waals surface area contributed by atoms with Gasteiger partial charge < -0.3 is 9.84 Å². The molecule has 2 rings (SSSR count). The molecule has 0 spiro atoms. The lowest BCUT2D eigenvalue weighted by molar-refractivity contribution is -0.140. The third-order valence-electron chi connectivity index (χ3n) is 6.47. The van der Waals surface area contributed by atoms with E-state index in [4.69, 9.17) is 9.84 Å². The van der Waals surface area contributed by atoms with Crippen LogP contribution >= 0.6 is 0 Å². The third-order valence-corrected chi connectivity index (χ3v) is 6.47. The predicted octanol–water partition coefficient (Wildman–Crippen LogP) is 7.41. The monoisotopic (exact) mass is 416 g/mol. The van der Waals surface area contributed by atoms with Crippen molar-refractivity contribution in [3.8, 4) is 5.75 Å². The van der Waals surface area contributed by atoms with E-state index < -0.39 is 5.97 Å². The number of hydrogen-bond donors (Lipinski definition) is 1. The molecule has 0 amide bonds. The number of carbonyl (C=O) groups is 2. The minimum Gasteiger partial charge on any atom is -0.478 e. The predicted molar refractivity (Wildman–Crippen MR) is 121 cm³/mol. The molecule has 1 aromatic rings. The van der Waals surface area contributed by atoms with Crippen LogP contribution in [0.25, 0.3) is 0 Å². The van der Waals surface area contributed by atoms with Crippen molar-refractivity contribution in [3.63, 3.8) is 0 Å². The van der Waals surface area contributed by atoms with E-state index in [9.17, 15) is 9.59 Å². The molecule has 0 saturated heterocycles. The quantitative estimate of drug-likeness (QED) is 0.195. The van der Waals surface area contributed by atoms with Crippen molar-refractivity contribution in [2.45, 2.75) is 103 Å². The maximum absolute atomic E-state index is 12.4. The van der Waals surface area contributed by atoms with Gasteiger partial charge in [-0.05, 0) is 55.9 Å². The topological polar surface area (TPSA) is 63.6 Å². The van der Waals surface area contributed by atoms with Gasteiger partial charge in [0.25, 0.3) is 0 Å². The SMILES string of the molecule is CCCCCCCCCCCCC1CCC(C(=O)Oc2ccc(C(=O)O)cc2)CC1. The van der Waals surface area contributed by atoms with Crippen molar-refractivity contribution in [2.24, 2.45) is 11.8 Å². The van der Waals surface area contributed by atoms with Crippen LogP contribution in [0.4, 0.5) is 0 Å². The first-order valence-corrected chi connectivity index (χ1v) is 12.1. The average Bonchev–Trinajstić information content (AvgIpc) is 2.76. The Morgan fingerprint density at radius 2 is 1.37 bits per heavy atom. The fourth-order valence-electron chi connectivity index (χ4n) is 4.47. The molecule has 1 fully saturated rings. The number of unbranched alkanes of at least 4 members (excludes halogenated alkanes) is 9. The molecule has 30 heavy (non-hydrogen) atoms. The van der Waals surface area contributed by atoms with E-state index in [2.05, 4.69) is 6.92 Å². The van der Waals surface area contributed by atoms with Crippen LogP contribution in [0.1, 0.15) is 114 Å². The second-order valence-electron chi connectivity index (χ2n) is 8.94. The summed E-state index contributed by atoms with van der Waals surface area (Å²) in [4.78, 5) is 23.3. The summed E-state index contributed by atoms with van der Waals surface area (Å²) >= 11 is 0. The van der Waals surface area contributed by atoms with Crippen LogP contribution in [0.5, 0.6) is 5.75 Å². The molecule has 168 valence electrons. The Labute approximate surface area is 182 Å². The summed E-state index contributed by atoms with van der Waals surface area (Å²) in [6.45, 7) is 2.27. The second-order valence-corrected chi connectivity index (χ2v) is 8.94. The van der Waals surface area contributed by atoms with Gasteiger partial charge in [0.05, 0.1) is 11.5 Å². The van der Waals surface area contributed by atoms with E-state index >= 15 is 0 Å². The molecule has 0 aromatic heterocycles. The number of carboxylic acids is 1. The van der Waals surface area contributed by atoms with E-state index in [-0.39, 0.29) is 17.5 Å². The fourth-order valence-corrected chi connectivity index (χ4v) is 4.47. The Morgan fingerprint density at radius 3 is 1.90 bits per heavy atom.